The fourth-order valence-corrected chi connectivity index (χ4v) is 4.00. The number of nitrogen functional groups attached to an aromatic ring is 1. The number of primary amides is 1. The monoisotopic (exact) mass is 468 g/mol. The van der Waals surface area contributed by atoms with E-state index >= 15 is 0 Å². The van der Waals surface area contributed by atoms with Gasteiger partial charge < -0.3 is 21.2 Å². The molecular weight excluding hydrogens is 440 g/mol. The minimum Gasteiger partial charge on any atom is -0.485 e. The number of thioether (sulfide) groups is 1. The van der Waals surface area contributed by atoms with E-state index in [2.05, 4.69) is 10.2 Å². The Morgan fingerprint density at radius 1 is 1.06 bits per heavy atom. The van der Waals surface area contributed by atoms with Crippen LogP contribution < -0.4 is 16.3 Å². The summed E-state index contributed by atoms with van der Waals surface area (Å²) < 4.78 is 7.23. The maximum atomic E-state index is 12.9. The molecule has 0 spiro atoms. The number of nitrogens with zero attached hydrogens (tertiary/aromatic N) is 4. The Labute approximate surface area is 197 Å². The van der Waals surface area contributed by atoms with Crippen molar-refractivity contribution in [2.24, 2.45) is 5.73 Å². The van der Waals surface area contributed by atoms with Crippen molar-refractivity contribution in [3.63, 3.8) is 0 Å². The van der Waals surface area contributed by atoms with Crippen LogP contribution in [0, 0.1) is 13.8 Å². The Balaban J connectivity index is 1.61. The highest BCUT2D eigenvalue weighted by molar-refractivity contribution is 7.99. The van der Waals surface area contributed by atoms with Crippen LogP contribution in [-0.4, -0.2) is 43.9 Å². The van der Waals surface area contributed by atoms with E-state index in [4.69, 9.17) is 16.3 Å². The van der Waals surface area contributed by atoms with Crippen molar-refractivity contribution < 1.29 is 14.3 Å². The number of benzene rings is 2. The normalized spacial score (nSPS) is 10.7. The third kappa shape index (κ3) is 6.72. The molecule has 1 aromatic heterocycles. The molecule has 0 unspecified atom stereocenters. The Kier molecular flexibility index (Phi) is 8.31. The van der Waals surface area contributed by atoms with Crippen molar-refractivity contribution in [2.75, 3.05) is 18.1 Å². The molecule has 2 aromatic carbocycles. The number of amides is 2. The molecule has 0 radical (unpaired) electrons. The smallest absolute Gasteiger partial charge is 0.233 e. The molecule has 0 saturated heterocycles. The van der Waals surface area contributed by atoms with Crippen LogP contribution in [0.2, 0.25) is 0 Å². The number of nitrogens with two attached hydrogens (primary N) is 2. The summed E-state index contributed by atoms with van der Waals surface area (Å²) >= 11 is 1.18. The quantitative estimate of drug-likeness (QED) is 0.326. The standard InChI is InChI=1S/C23H28N6O3S/c1-16-7-6-8-17(2)22(16)32-14-20-26-27-23(29(20)25)33-15-21(31)28(12-11-19(24)30)13-18-9-4-3-5-10-18/h3-10H,11-15,25H2,1-2H3,(H2,24,30). The molecule has 2 amide bonds. The van der Waals surface area contributed by atoms with E-state index in [1.165, 1.54) is 16.4 Å². The summed E-state index contributed by atoms with van der Waals surface area (Å²) in [5.74, 6) is 6.86. The predicted octanol–water partition coefficient (Wildman–Crippen LogP) is 2.18. The third-order valence-electron chi connectivity index (χ3n) is 5.01. The maximum Gasteiger partial charge on any atom is 0.233 e. The highest BCUT2D eigenvalue weighted by Crippen LogP contribution is 2.24. The fourth-order valence-electron chi connectivity index (χ4n) is 3.23. The number of hydrogen-bond acceptors (Lipinski definition) is 7. The largest absolute Gasteiger partial charge is 0.485 e. The molecule has 3 aromatic rings. The molecule has 0 saturated carbocycles. The Hall–Kier alpha value is -3.53. The number of aryl methyl sites for hydroxylation is 2. The molecule has 0 bridgehead atoms. The van der Waals surface area contributed by atoms with E-state index in [0.717, 1.165) is 22.4 Å². The van der Waals surface area contributed by atoms with Crippen LogP contribution in [0.3, 0.4) is 0 Å². The average molecular weight is 469 g/mol. The number of carbonyl (C=O) groups excluding carboxylic acids is 2. The maximum absolute atomic E-state index is 12.9. The van der Waals surface area contributed by atoms with Gasteiger partial charge >= 0.3 is 0 Å². The molecule has 3 rings (SSSR count). The summed E-state index contributed by atoms with van der Waals surface area (Å²) in [5.41, 5.74) is 8.29. The van der Waals surface area contributed by atoms with Gasteiger partial charge in [0.05, 0.1) is 5.75 Å². The number of para-hydroxylation sites is 1. The van der Waals surface area contributed by atoms with E-state index in [-0.39, 0.29) is 31.2 Å². The molecule has 0 aliphatic carbocycles. The van der Waals surface area contributed by atoms with Crippen molar-refractivity contribution in [3.05, 3.63) is 71.0 Å². The van der Waals surface area contributed by atoms with E-state index in [0.29, 0.717) is 17.5 Å². The van der Waals surface area contributed by atoms with Crippen LogP contribution in [0.4, 0.5) is 0 Å². The summed E-state index contributed by atoms with van der Waals surface area (Å²) in [6.45, 7) is 4.73. The van der Waals surface area contributed by atoms with Gasteiger partial charge in [0, 0.05) is 19.5 Å². The number of hydrogen-bond donors (Lipinski definition) is 2. The minimum atomic E-state index is -0.455. The Morgan fingerprint density at radius 3 is 2.42 bits per heavy atom. The summed E-state index contributed by atoms with van der Waals surface area (Å²) in [6, 6.07) is 15.5. The highest BCUT2D eigenvalue weighted by atomic mass is 32.2. The number of rotatable bonds is 11. The molecule has 0 aliphatic heterocycles. The topological polar surface area (TPSA) is 129 Å². The van der Waals surface area contributed by atoms with Crippen LogP contribution in [0.5, 0.6) is 5.75 Å². The fraction of sp³-hybridized carbons (Fsp3) is 0.304. The highest BCUT2D eigenvalue weighted by Gasteiger charge is 2.18. The second-order valence-corrected chi connectivity index (χ2v) is 8.53. The summed E-state index contributed by atoms with van der Waals surface area (Å²) in [5, 5.41) is 8.59. The summed E-state index contributed by atoms with van der Waals surface area (Å²) in [6.07, 6.45) is 0.0934. The SMILES string of the molecule is Cc1cccc(C)c1OCc1nnc(SCC(=O)N(CCC(N)=O)Cc2ccccc2)n1N. The van der Waals surface area contributed by atoms with Crippen LogP contribution in [0.15, 0.2) is 53.7 Å². The first-order chi connectivity index (χ1) is 15.8. The molecule has 0 atom stereocenters. The van der Waals surface area contributed by atoms with Crippen LogP contribution in [0.25, 0.3) is 0 Å². The third-order valence-corrected chi connectivity index (χ3v) is 5.94. The lowest BCUT2D eigenvalue weighted by Crippen LogP contribution is -2.35. The van der Waals surface area contributed by atoms with Crippen molar-refractivity contribution in [1.82, 2.24) is 19.8 Å². The molecule has 33 heavy (non-hydrogen) atoms. The van der Waals surface area contributed by atoms with Gasteiger partial charge in [0.25, 0.3) is 0 Å². The van der Waals surface area contributed by atoms with Crippen LogP contribution >= 0.6 is 11.8 Å². The molecule has 0 fully saturated rings. The number of carbonyl (C=O) groups is 2. The zero-order valence-corrected chi connectivity index (χ0v) is 19.5. The van der Waals surface area contributed by atoms with Crippen molar-refractivity contribution in [3.8, 4) is 5.75 Å². The molecule has 174 valence electrons. The van der Waals surface area contributed by atoms with Crippen molar-refractivity contribution in [1.29, 1.82) is 0 Å². The predicted molar refractivity (Wildman–Crippen MR) is 127 cm³/mol. The Morgan fingerprint density at radius 2 is 1.76 bits per heavy atom. The first kappa shape index (κ1) is 24.1. The number of ether oxygens (including phenoxy) is 1. The average Bonchev–Trinajstić information content (AvgIpc) is 3.14. The lowest BCUT2D eigenvalue weighted by Gasteiger charge is -2.22. The van der Waals surface area contributed by atoms with Gasteiger partial charge in [0.15, 0.2) is 5.82 Å². The minimum absolute atomic E-state index is 0.0934. The van der Waals surface area contributed by atoms with E-state index in [9.17, 15) is 9.59 Å². The van der Waals surface area contributed by atoms with Crippen molar-refractivity contribution in [2.45, 2.75) is 38.6 Å². The second kappa shape index (κ2) is 11.4. The molecule has 4 N–H and O–H groups in total. The first-order valence-electron chi connectivity index (χ1n) is 10.5. The zero-order chi connectivity index (χ0) is 23.8. The van der Waals surface area contributed by atoms with Gasteiger partial charge in [-0.1, -0.05) is 60.3 Å². The van der Waals surface area contributed by atoms with Gasteiger partial charge in [0.1, 0.15) is 12.4 Å². The number of aromatic nitrogens is 3. The zero-order valence-electron chi connectivity index (χ0n) is 18.7. The van der Waals surface area contributed by atoms with Gasteiger partial charge in [-0.3, -0.25) is 9.59 Å². The molecule has 0 aliphatic rings. The summed E-state index contributed by atoms with van der Waals surface area (Å²) in [7, 11) is 0. The molecule has 1 heterocycles. The second-order valence-electron chi connectivity index (χ2n) is 7.58. The molecule has 10 heteroatoms. The van der Waals surface area contributed by atoms with Crippen LogP contribution in [0.1, 0.15) is 28.9 Å². The van der Waals surface area contributed by atoms with Crippen LogP contribution in [-0.2, 0) is 22.7 Å². The van der Waals surface area contributed by atoms with E-state index < -0.39 is 5.91 Å². The van der Waals surface area contributed by atoms with Gasteiger partial charge in [-0.2, -0.15) is 0 Å². The lowest BCUT2D eigenvalue weighted by atomic mass is 10.1. The first-order valence-corrected chi connectivity index (χ1v) is 11.4. The summed E-state index contributed by atoms with van der Waals surface area (Å²) in [4.78, 5) is 25.7. The molecular formula is C23H28N6O3S. The molecule has 9 nitrogen and oxygen atoms in total. The lowest BCUT2D eigenvalue weighted by molar-refractivity contribution is -0.129. The van der Waals surface area contributed by atoms with Gasteiger partial charge in [-0.05, 0) is 30.5 Å². The Bertz CT molecular complexity index is 1080. The van der Waals surface area contributed by atoms with Gasteiger partial charge in [-0.15, -0.1) is 10.2 Å². The van der Waals surface area contributed by atoms with E-state index in [1.54, 1.807) is 4.90 Å². The van der Waals surface area contributed by atoms with Gasteiger partial charge in [-0.25, -0.2) is 4.68 Å². The van der Waals surface area contributed by atoms with Crippen molar-refractivity contribution >= 4 is 23.6 Å². The van der Waals surface area contributed by atoms with Gasteiger partial charge in [0.2, 0.25) is 17.0 Å². The van der Waals surface area contributed by atoms with E-state index in [1.807, 2.05) is 62.4 Å².